The minimum atomic E-state index is -1.26. The molecule has 1 atom stereocenters. The lowest BCUT2D eigenvalue weighted by Crippen LogP contribution is -2.35. The first-order valence-electron chi connectivity index (χ1n) is 6.97. The van der Waals surface area contributed by atoms with Gasteiger partial charge in [0.25, 0.3) is 5.69 Å². The molecule has 2 N–H and O–H groups in total. The second-order valence-electron chi connectivity index (χ2n) is 5.37. The molecule has 0 radical (unpaired) electrons. The molecular weight excluding hydrogens is 319 g/mol. The van der Waals surface area contributed by atoms with Crippen LogP contribution in [0.4, 0.5) is 15.8 Å². The number of nitrogens with one attached hydrogen (secondary N) is 1. The summed E-state index contributed by atoms with van der Waals surface area (Å²) in [6, 6.07) is 7.83. The third-order valence-electron chi connectivity index (χ3n) is 3.87. The van der Waals surface area contributed by atoms with Crippen LogP contribution in [-0.4, -0.2) is 21.9 Å². The first-order valence-corrected chi connectivity index (χ1v) is 6.97. The summed E-state index contributed by atoms with van der Waals surface area (Å²) in [6.45, 7) is 0. The number of carboxylic acids is 1. The molecule has 0 aliphatic carbocycles. The van der Waals surface area contributed by atoms with Crippen molar-refractivity contribution in [2.75, 3.05) is 5.32 Å². The van der Waals surface area contributed by atoms with Crippen molar-refractivity contribution in [3.05, 3.63) is 57.9 Å². The van der Waals surface area contributed by atoms with Gasteiger partial charge in [-0.25, -0.2) is 4.39 Å². The van der Waals surface area contributed by atoms with E-state index < -0.39 is 28.5 Å². The van der Waals surface area contributed by atoms with Gasteiger partial charge in [-0.15, -0.1) is 0 Å². The minimum absolute atomic E-state index is 0.0668. The van der Waals surface area contributed by atoms with E-state index in [0.717, 1.165) is 0 Å². The van der Waals surface area contributed by atoms with Crippen molar-refractivity contribution >= 4 is 23.3 Å². The lowest BCUT2D eigenvalue weighted by molar-refractivity contribution is -0.384. The highest BCUT2D eigenvalue weighted by Gasteiger charge is 2.33. The Morgan fingerprint density at radius 1 is 1.29 bits per heavy atom. The number of halogens is 1. The standard InChI is InChI=1S/C16H11FN2O5/c17-10-3-1-8(2-4-10)11-5-9-6-12(16(21)22)15(20)18-13(9)7-14(11)19(23)24/h1-5,7,12H,6H2,(H,18,20)(H,21,22). The molecule has 0 fully saturated rings. The molecule has 0 bridgehead atoms. The summed E-state index contributed by atoms with van der Waals surface area (Å²) in [6.07, 6.45) is -0.0668. The van der Waals surface area contributed by atoms with Crippen LogP contribution in [0.1, 0.15) is 5.56 Å². The molecule has 0 saturated carbocycles. The number of aliphatic carboxylic acids is 1. The summed E-state index contributed by atoms with van der Waals surface area (Å²) in [5.41, 5.74) is 1.10. The van der Waals surface area contributed by atoms with Gasteiger partial charge in [0.05, 0.1) is 16.2 Å². The number of anilines is 1. The average Bonchev–Trinajstić information content (AvgIpc) is 2.53. The maximum atomic E-state index is 13.1. The molecule has 7 nitrogen and oxygen atoms in total. The maximum absolute atomic E-state index is 13.1. The van der Waals surface area contributed by atoms with Crippen LogP contribution in [0.3, 0.4) is 0 Å². The fourth-order valence-electron chi connectivity index (χ4n) is 2.66. The van der Waals surface area contributed by atoms with E-state index in [4.69, 9.17) is 5.11 Å². The van der Waals surface area contributed by atoms with Gasteiger partial charge in [0, 0.05) is 6.07 Å². The van der Waals surface area contributed by atoms with E-state index in [9.17, 15) is 24.1 Å². The number of rotatable bonds is 3. The van der Waals surface area contributed by atoms with Crippen molar-refractivity contribution in [1.82, 2.24) is 0 Å². The van der Waals surface area contributed by atoms with Gasteiger partial charge in [0.15, 0.2) is 0 Å². The lowest BCUT2D eigenvalue weighted by Gasteiger charge is -2.22. The minimum Gasteiger partial charge on any atom is -0.481 e. The summed E-state index contributed by atoms with van der Waals surface area (Å²) in [7, 11) is 0. The quantitative estimate of drug-likeness (QED) is 0.511. The molecule has 0 saturated heterocycles. The molecule has 1 aliphatic heterocycles. The largest absolute Gasteiger partial charge is 0.481 e. The van der Waals surface area contributed by atoms with Gasteiger partial charge < -0.3 is 10.4 Å². The Morgan fingerprint density at radius 3 is 2.54 bits per heavy atom. The normalized spacial score (nSPS) is 16.2. The van der Waals surface area contributed by atoms with E-state index in [2.05, 4.69) is 5.32 Å². The number of nitro benzene ring substituents is 1. The topological polar surface area (TPSA) is 110 Å². The van der Waals surface area contributed by atoms with E-state index >= 15 is 0 Å². The van der Waals surface area contributed by atoms with E-state index in [1.165, 1.54) is 36.4 Å². The Morgan fingerprint density at radius 2 is 1.96 bits per heavy atom. The molecule has 2 aromatic rings. The Hall–Kier alpha value is -3.29. The van der Waals surface area contributed by atoms with Gasteiger partial charge in [-0.05, 0) is 35.7 Å². The number of amides is 1. The van der Waals surface area contributed by atoms with E-state index in [1.54, 1.807) is 0 Å². The summed E-state index contributed by atoms with van der Waals surface area (Å²) in [5, 5.41) is 22.8. The van der Waals surface area contributed by atoms with Crippen molar-refractivity contribution in [3.63, 3.8) is 0 Å². The van der Waals surface area contributed by atoms with Crippen LogP contribution in [0.15, 0.2) is 36.4 Å². The average molecular weight is 330 g/mol. The number of fused-ring (bicyclic) bond motifs is 1. The van der Waals surface area contributed by atoms with Crippen molar-refractivity contribution in [2.24, 2.45) is 5.92 Å². The smallest absolute Gasteiger partial charge is 0.316 e. The van der Waals surface area contributed by atoms with Gasteiger partial charge in [-0.3, -0.25) is 19.7 Å². The number of carbonyl (C=O) groups is 2. The fourth-order valence-corrected chi connectivity index (χ4v) is 2.66. The highest BCUT2D eigenvalue weighted by Crippen LogP contribution is 2.37. The van der Waals surface area contributed by atoms with Crippen molar-refractivity contribution in [1.29, 1.82) is 0 Å². The third-order valence-corrected chi connectivity index (χ3v) is 3.87. The number of benzene rings is 2. The second-order valence-corrected chi connectivity index (χ2v) is 5.37. The number of carboxylic acid groups (broad SMARTS) is 1. The summed E-state index contributed by atoms with van der Waals surface area (Å²) in [5.74, 6) is -3.70. The number of nitrogens with zero attached hydrogens (tertiary/aromatic N) is 1. The number of hydrogen-bond donors (Lipinski definition) is 2. The van der Waals surface area contributed by atoms with Gasteiger partial charge >= 0.3 is 5.97 Å². The zero-order valence-corrected chi connectivity index (χ0v) is 12.2. The van der Waals surface area contributed by atoms with Gasteiger partial charge in [0.2, 0.25) is 5.91 Å². The van der Waals surface area contributed by atoms with E-state index in [0.29, 0.717) is 11.1 Å². The first kappa shape index (κ1) is 15.6. The van der Waals surface area contributed by atoms with Gasteiger partial charge in [-0.1, -0.05) is 12.1 Å². The van der Waals surface area contributed by atoms with Crippen LogP contribution < -0.4 is 5.32 Å². The Kier molecular flexibility index (Phi) is 3.72. The highest BCUT2D eigenvalue weighted by molar-refractivity contribution is 6.07. The van der Waals surface area contributed by atoms with E-state index in [-0.39, 0.29) is 23.4 Å². The zero-order chi connectivity index (χ0) is 17.4. The van der Waals surface area contributed by atoms with Gasteiger partial charge in [0.1, 0.15) is 11.7 Å². The third kappa shape index (κ3) is 2.69. The van der Waals surface area contributed by atoms with E-state index in [1.807, 2.05) is 0 Å². The number of nitro groups is 1. The molecule has 1 amide bonds. The second kappa shape index (κ2) is 5.73. The van der Waals surface area contributed by atoms with Gasteiger partial charge in [-0.2, -0.15) is 0 Å². The molecule has 0 aromatic heterocycles. The molecule has 8 heteroatoms. The Labute approximate surface area is 134 Å². The number of hydrogen-bond acceptors (Lipinski definition) is 4. The Bertz CT molecular complexity index is 864. The maximum Gasteiger partial charge on any atom is 0.316 e. The number of carbonyl (C=O) groups excluding carboxylic acids is 1. The highest BCUT2D eigenvalue weighted by atomic mass is 19.1. The Balaban J connectivity index is 2.15. The van der Waals surface area contributed by atoms with Crippen LogP contribution in [0, 0.1) is 21.8 Å². The van der Waals surface area contributed by atoms with Crippen LogP contribution in [0.5, 0.6) is 0 Å². The molecule has 1 aliphatic rings. The van der Waals surface area contributed by atoms with Crippen LogP contribution in [-0.2, 0) is 16.0 Å². The molecular formula is C16H11FN2O5. The molecule has 24 heavy (non-hydrogen) atoms. The van der Waals surface area contributed by atoms with Crippen molar-refractivity contribution < 1.29 is 24.0 Å². The predicted octanol–water partition coefficient (Wildman–Crippen LogP) is 2.60. The zero-order valence-electron chi connectivity index (χ0n) is 12.2. The molecule has 3 rings (SSSR count). The molecule has 2 aromatic carbocycles. The summed E-state index contributed by atoms with van der Waals surface area (Å²) in [4.78, 5) is 33.6. The molecule has 0 spiro atoms. The first-order chi connectivity index (χ1) is 11.4. The predicted molar refractivity (Wildman–Crippen MR) is 81.9 cm³/mol. The van der Waals surface area contributed by atoms with Crippen molar-refractivity contribution in [3.8, 4) is 11.1 Å². The lowest BCUT2D eigenvalue weighted by atomic mass is 9.90. The molecule has 1 unspecified atom stereocenters. The summed E-state index contributed by atoms with van der Waals surface area (Å²) >= 11 is 0. The van der Waals surface area contributed by atoms with Crippen LogP contribution in [0.2, 0.25) is 0 Å². The fraction of sp³-hybridized carbons (Fsp3) is 0.125. The monoisotopic (exact) mass is 330 g/mol. The molecule has 1 heterocycles. The SMILES string of the molecule is O=C(O)C1Cc2cc(-c3ccc(F)cc3)c([N+](=O)[O-])cc2NC1=O. The van der Waals surface area contributed by atoms with Crippen LogP contribution in [0.25, 0.3) is 11.1 Å². The van der Waals surface area contributed by atoms with Crippen molar-refractivity contribution in [2.45, 2.75) is 6.42 Å². The van der Waals surface area contributed by atoms with Crippen LogP contribution >= 0.6 is 0 Å². The molecule has 122 valence electrons. The summed E-state index contributed by atoms with van der Waals surface area (Å²) < 4.78 is 13.1.